The Balaban J connectivity index is 1.14. The summed E-state index contributed by atoms with van der Waals surface area (Å²) < 4.78 is 67.7. The molecule has 0 aromatic heterocycles. The maximum Gasteiger partial charge on any atom is 0.201 e. The number of ketones is 1. The van der Waals surface area contributed by atoms with Crippen LogP contribution in [0.2, 0.25) is 0 Å². The zero-order chi connectivity index (χ0) is 34.6. The van der Waals surface area contributed by atoms with Gasteiger partial charge in [0.1, 0.15) is 42.7 Å². The van der Waals surface area contributed by atoms with Crippen LogP contribution in [0.1, 0.15) is 22.3 Å². The summed E-state index contributed by atoms with van der Waals surface area (Å²) in [4.78, 5) is 13.7. The van der Waals surface area contributed by atoms with E-state index in [1.165, 1.54) is 0 Å². The van der Waals surface area contributed by atoms with E-state index in [4.69, 9.17) is 37.9 Å². The minimum Gasteiger partial charge on any atom is -0.374 e. The van der Waals surface area contributed by atoms with Gasteiger partial charge in [-0.1, -0.05) is 121 Å². The predicted molar refractivity (Wildman–Crippen MR) is 182 cm³/mol. The number of rotatable bonds is 15. The Hall–Kier alpha value is -3.84. The highest BCUT2D eigenvalue weighted by atomic mass is 19.1. The fraction of sp³-hybridized carbons (Fsp3) is 0.390. The minimum atomic E-state index is -1.93. The third kappa shape index (κ3) is 7.28. The van der Waals surface area contributed by atoms with Crippen molar-refractivity contribution in [2.45, 2.75) is 87.2 Å². The molecule has 266 valence electrons. The third-order valence-corrected chi connectivity index (χ3v) is 9.94. The van der Waals surface area contributed by atoms with E-state index in [0.717, 1.165) is 22.3 Å². The molecule has 51 heavy (non-hydrogen) atoms. The van der Waals surface area contributed by atoms with Crippen LogP contribution in [-0.2, 0) is 69.1 Å². The summed E-state index contributed by atoms with van der Waals surface area (Å²) in [5, 5.41) is 0. The fourth-order valence-electron chi connectivity index (χ4n) is 7.27. The Kier molecular flexibility index (Phi) is 10.4. The first-order valence-electron chi connectivity index (χ1n) is 17.5. The first kappa shape index (κ1) is 34.3. The SMILES string of the molecule is O=C1[C@H]2CO[C@H](O2)[C@@H]2O[C@]12[C@H](F)[C@@H]1O[C@H](COCc2ccccc2)[C@@H](OCc2ccccc2)[C@H](OCc2ccccc2)[C@H]1OCc1ccccc1. The van der Waals surface area contributed by atoms with E-state index in [0.29, 0.717) is 6.61 Å². The molecule has 0 aliphatic carbocycles. The first-order chi connectivity index (χ1) is 25.1. The summed E-state index contributed by atoms with van der Waals surface area (Å²) >= 11 is 0. The Morgan fingerprint density at radius 1 is 0.647 bits per heavy atom. The highest BCUT2D eigenvalue weighted by Crippen LogP contribution is 2.54. The van der Waals surface area contributed by atoms with Crippen molar-refractivity contribution < 1.29 is 47.1 Å². The Labute approximate surface area is 296 Å². The van der Waals surface area contributed by atoms with Crippen molar-refractivity contribution in [1.29, 1.82) is 0 Å². The molecule has 4 aliphatic rings. The molecule has 0 saturated carbocycles. The summed E-state index contributed by atoms with van der Waals surface area (Å²) in [5.41, 5.74) is 1.96. The number of halogens is 1. The van der Waals surface area contributed by atoms with E-state index in [1.807, 2.05) is 121 Å². The topological polar surface area (TPSA) is 94.2 Å². The van der Waals surface area contributed by atoms with Gasteiger partial charge in [0.2, 0.25) is 5.78 Å². The van der Waals surface area contributed by atoms with Gasteiger partial charge in [-0.15, -0.1) is 0 Å². The van der Waals surface area contributed by atoms with E-state index in [9.17, 15) is 4.79 Å². The van der Waals surface area contributed by atoms with Crippen LogP contribution in [0.15, 0.2) is 121 Å². The van der Waals surface area contributed by atoms with Crippen molar-refractivity contribution in [2.75, 3.05) is 13.2 Å². The van der Waals surface area contributed by atoms with Crippen LogP contribution in [0.3, 0.4) is 0 Å². The van der Waals surface area contributed by atoms with Crippen molar-refractivity contribution in [3.05, 3.63) is 144 Å². The summed E-state index contributed by atoms with van der Waals surface area (Å²) in [6.45, 7) is 1.04. The number of carbonyl (C=O) groups is 1. The van der Waals surface area contributed by atoms with E-state index < -0.39 is 66.6 Å². The maximum absolute atomic E-state index is 17.5. The number of epoxide rings is 1. The van der Waals surface area contributed by atoms with Gasteiger partial charge >= 0.3 is 0 Å². The van der Waals surface area contributed by atoms with Crippen molar-refractivity contribution in [2.24, 2.45) is 0 Å². The number of fused-ring (bicyclic) bond motifs is 4. The van der Waals surface area contributed by atoms with Crippen LogP contribution in [0, 0.1) is 0 Å². The van der Waals surface area contributed by atoms with Crippen LogP contribution >= 0.6 is 0 Å². The Bertz CT molecular complexity index is 1710. The lowest BCUT2D eigenvalue weighted by molar-refractivity contribution is -0.285. The molecule has 4 aromatic carbocycles. The molecule has 0 unspecified atom stereocenters. The Morgan fingerprint density at radius 3 is 1.69 bits per heavy atom. The molecule has 4 fully saturated rings. The van der Waals surface area contributed by atoms with Crippen LogP contribution in [0.4, 0.5) is 4.39 Å². The van der Waals surface area contributed by atoms with Gasteiger partial charge < -0.3 is 37.9 Å². The van der Waals surface area contributed by atoms with Gasteiger partial charge in [-0.3, -0.25) is 4.79 Å². The van der Waals surface area contributed by atoms with E-state index in [-0.39, 0.29) is 33.0 Å². The number of benzene rings is 4. The molecule has 0 radical (unpaired) electrons. The number of Topliss-reactive ketones (excluding diaryl/α,β-unsaturated/α-hetero) is 1. The second kappa shape index (κ2) is 15.4. The van der Waals surface area contributed by atoms with Crippen molar-refractivity contribution in [3.8, 4) is 0 Å². The molecule has 4 aromatic rings. The van der Waals surface area contributed by atoms with E-state index in [2.05, 4.69) is 0 Å². The molecule has 9 nitrogen and oxygen atoms in total. The standard InChI is InChI=1S/C41H41FO9/c42-37(41-38(43)32-26-48-40(50-32)39(41)51-41)36-35(47-24-30-19-11-4-12-20-30)34(46-23-29-17-9-3-10-18-29)33(45-22-28-15-7-2-8-16-28)31(49-36)25-44-21-27-13-5-1-6-14-27/h1-20,31-37,39-40H,21-26H2/t31-,32-,33-,34+,35-,36-,37-,39+,40-,41-/m1/s1. The van der Waals surface area contributed by atoms with Crippen LogP contribution in [0.25, 0.3) is 0 Å². The average molecular weight is 697 g/mol. The molecule has 2 bridgehead atoms. The molecule has 0 amide bonds. The Morgan fingerprint density at radius 2 is 1.14 bits per heavy atom. The smallest absolute Gasteiger partial charge is 0.201 e. The second-order valence-electron chi connectivity index (χ2n) is 13.3. The first-order valence-corrected chi connectivity index (χ1v) is 17.5. The molecule has 0 N–H and O–H groups in total. The van der Waals surface area contributed by atoms with Gasteiger partial charge in [0.25, 0.3) is 0 Å². The van der Waals surface area contributed by atoms with Crippen molar-refractivity contribution in [1.82, 2.24) is 0 Å². The van der Waals surface area contributed by atoms with Crippen LogP contribution in [-0.4, -0.2) is 79.8 Å². The predicted octanol–water partition coefficient (Wildman–Crippen LogP) is 5.53. The fourth-order valence-corrected chi connectivity index (χ4v) is 7.27. The van der Waals surface area contributed by atoms with Crippen LogP contribution in [0.5, 0.6) is 0 Å². The number of hydrogen-bond donors (Lipinski definition) is 0. The van der Waals surface area contributed by atoms with Crippen molar-refractivity contribution in [3.63, 3.8) is 0 Å². The number of alkyl halides is 1. The zero-order valence-electron chi connectivity index (χ0n) is 28.0. The summed E-state index contributed by atoms with van der Waals surface area (Å²) in [6.07, 6.45) is -9.22. The lowest BCUT2D eigenvalue weighted by Crippen LogP contribution is -2.66. The van der Waals surface area contributed by atoms with Gasteiger partial charge in [0, 0.05) is 0 Å². The molecule has 10 heteroatoms. The summed E-state index contributed by atoms with van der Waals surface area (Å²) in [5.74, 6) is -0.486. The monoisotopic (exact) mass is 696 g/mol. The van der Waals surface area contributed by atoms with Gasteiger partial charge in [-0.05, 0) is 22.3 Å². The van der Waals surface area contributed by atoms with Crippen molar-refractivity contribution >= 4 is 5.78 Å². The van der Waals surface area contributed by atoms with Gasteiger partial charge in [-0.2, -0.15) is 0 Å². The molecule has 10 atom stereocenters. The third-order valence-electron chi connectivity index (χ3n) is 9.94. The molecule has 8 rings (SSSR count). The molecule has 4 heterocycles. The summed E-state index contributed by atoms with van der Waals surface area (Å²) in [6, 6.07) is 38.9. The quantitative estimate of drug-likeness (QED) is 0.149. The minimum absolute atomic E-state index is 0.0610. The number of ether oxygens (including phenoxy) is 8. The second-order valence-corrected chi connectivity index (χ2v) is 13.3. The highest BCUT2D eigenvalue weighted by Gasteiger charge is 2.79. The largest absolute Gasteiger partial charge is 0.374 e. The zero-order valence-corrected chi connectivity index (χ0v) is 28.0. The highest BCUT2D eigenvalue weighted by molar-refractivity contribution is 5.96. The number of carbonyl (C=O) groups excluding carboxylic acids is 1. The van der Waals surface area contributed by atoms with Gasteiger partial charge in [0.05, 0.1) is 39.6 Å². The lowest BCUT2D eigenvalue weighted by atomic mass is 9.82. The normalized spacial score (nSPS) is 31.6. The van der Waals surface area contributed by atoms with Crippen LogP contribution < -0.4 is 0 Å². The summed E-state index contributed by atoms with van der Waals surface area (Å²) in [7, 11) is 0. The molecular weight excluding hydrogens is 655 g/mol. The lowest BCUT2D eigenvalue weighted by Gasteiger charge is -2.47. The molecular formula is C41H41FO9. The van der Waals surface area contributed by atoms with E-state index >= 15 is 4.39 Å². The molecule has 4 saturated heterocycles. The van der Waals surface area contributed by atoms with Gasteiger partial charge in [-0.25, -0.2) is 4.39 Å². The number of hydrogen-bond acceptors (Lipinski definition) is 9. The van der Waals surface area contributed by atoms with Gasteiger partial charge in [0.15, 0.2) is 18.1 Å². The van der Waals surface area contributed by atoms with E-state index in [1.54, 1.807) is 0 Å². The average Bonchev–Trinajstić information content (AvgIpc) is 3.80. The molecule has 0 spiro atoms. The molecule has 4 aliphatic heterocycles. The maximum atomic E-state index is 17.5.